The fourth-order valence-electron chi connectivity index (χ4n) is 2.13. The molecule has 0 radical (unpaired) electrons. The van der Waals surface area contributed by atoms with Gasteiger partial charge in [0.2, 0.25) is 0 Å². The molecule has 0 spiro atoms. The molecule has 0 aliphatic heterocycles. The first-order valence-corrected chi connectivity index (χ1v) is 7.67. The molecule has 0 amide bonds. The fourth-order valence-corrected chi connectivity index (χ4v) is 2.13. The van der Waals surface area contributed by atoms with Crippen LogP contribution in [0, 0.1) is 0 Å². The summed E-state index contributed by atoms with van der Waals surface area (Å²) >= 11 is 0. The number of nitrogens with one attached hydrogen (secondary N) is 2. The molecule has 0 bridgehead atoms. The van der Waals surface area contributed by atoms with E-state index in [0.29, 0.717) is 32.0 Å². The van der Waals surface area contributed by atoms with Crippen LogP contribution in [-0.4, -0.2) is 57.9 Å². The average Bonchev–Trinajstić information content (AvgIpc) is 2.52. The molecule has 2 N–H and O–H groups in total. The van der Waals surface area contributed by atoms with Crippen LogP contribution in [0.2, 0.25) is 0 Å². The number of ether oxygens (including phenoxy) is 1. The normalized spacial score (nSPS) is 11.9. The van der Waals surface area contributed by atoms with Crippen molar-refractivity contribution in [2.24, 2.45) is 4.99 Å². The highest BCUT2D eigenvalue weighted by Gasteiger charge is 2.28. The second kappa shape index (κ2) is 12.2. The molecule has 1 rings (SSSR count). The second-order valence-electron chi connectivity index (χ2n) is 5.41. The minimum absolute atomic E-state index is 0. The number of rotatable bonds is 8. The zero-order valence-corrected chi connectivity index (χ0v) is 17.0. The molecule has 0 atom stereocenters. The summed E-state index contributed by atoms with van der Waals surface area (Å²) in [5.41, 5.74) is 1.04. The summed E-state index contributed by atoms with van der Waals surface area (Å²) in [7, 11) is 4.73. The predicted octanol–water partition coefficient (Wildman–Crippen LogP) is 2.86. The van der Waals surface area contributed by atoms with Crippen molar-refractivity contribution in [3.05, 3.63) is 29.8 Å². The van der Waals surface area contributed by atoms with E-state index in [4.69, 9.17) is 4.74 Å². The van der Waals surface area contributed by atoms with Gasteiger partial charge in [-0.1, -0.05) is 12.1 Å². The Morgan fingerprint density at radius 3 is 2.60 bits per heavy atom. The predicted molar refractivity (Wildman–Crippen MR) is 105 cm³/mol. The third-order valence-electron chi connectivity index (χ3n) is 3.28. The number of benzene rings is 1. The maximum absolute atomic E-state index is 12.2. The number of halogens is 4. The Balaban J connectivity index is 0.00000576. The van der Waals surface area contributed by atoms with Gasteiger partial charge in [-0.2, -0.15) is 13.2 Å². The van der Waals surface area contributed by atoms with Crippen molar-refractivity contribution >= 4 is 29.9 Å². The highest BCUT2D eigenvalue weighted by atomic mass is 127. The van der Waals surface area contributed by atoms with Gasteiger partial charge in [0.25, 0.3) is 0 Å². The molecule has 0 aliphatic carbocycles. The molecule has 0 saturated heterocycles. The van der Waals surface area contributed by atoms with Crippen molar-refractivity contribution in [2.75, 3.05) is 40.8 Å². The largest absolute Gasteiger partial charge is 0.497 e. The first-order valence-electron chi connectivity index (χ1n) is 7.67. The van der Waals surface area contributed by atoms with Gasteiger partial charge >= 0.3 is 6.18 Å². The first kappa shape index (κ1) is 23.8. The van der Waals surface area contributed by atoms with Gasteiger partial charge in [-0.25, -0.2) is 0 Å². The smallest absolute Gasteiger partial charge is 0.401 e. The minimum atomic E-state index is -4.16. The lowest BCUT2D eigenvalue weighted by atomic mass is 10.2. The number of alkyl halides is 3. The van der Waals surface area contributed by atoms with Crippen molar-refractivity contribution in [3.63, 3.8) is 0 Å². The van der Waals surface area contributed by atoms with Crippen LogP contribution in [0.4, 0.5) is 13.2 Å². The van der Waals surface area contributed by atoms with Gasteiger partial charge < -0.3 is 15.4 Å². The molecule has 1 aromatic carbocycles. The molecular formula is C16H26F3IN4O. The number of guanidine groups is 1. The number of aliphatic imine (C=N–C) groups is 1. The van der Waals surface area contributed by atoms with E-state index in [-0.39, 0.29) is 24.0 Å². The summed E-state index contributed by atoms with van der Waals surface area (Å²) in [5.74, 6) is 1.39. The van der Waals surface area contributed by atoms with Gasteiger partial charge in [-0.05, 0) is 37.7 Å². The van der Waals surface area contributed by atoms with E-state index in [0.717, 1.165) is 11.3 Å². The van der Waals surface area contributed by atoms with Gasteiger partial charge in [0.15, 0.2) is 5.96 Å². The Bertz CT molecular complexity index is 526. The lowest BCUT2D eigenvalue weighted by Crippen LogP contribution is -2.39. The van der Waals surface area contributed by atoms with Crippen LogP contribution in [0.1, 0.15) is 12.0 Å². The summed E-state index contributed by atoms with van der Waals surface area (Å²) < 4.78 is 41.8. The van der Waals surface area contributed by atoms with Crippen molar-refractivity contribution < 1.29 is 17.9 Å². The molecular weight excluding hydrogens is 448 g/mol. The summed E-state index contributed by atoms with van der Waals surface area (Å²) in [5, 5.41) is 6.24. The molecule has 0 aromatic heterocycles. The summed E-state index contributed by atoms with van der Waals surface area (Å²) in [6.45, 7) is 0.583. The summed E-state index contributed by atoms with van der Waals surface area (Å²) in [6.07, 6.45) is -3.57. The molecule has 25 heavy (non-hydrogen) atoms. The van der Waals surface area contributed by atoms with E-state index in [2.05, 4.69) is 15.6 Å². The van der Waals surface area contributed by atoms with Gasteiger partial charge in [-0.3, -0.25) is 9.89 Å². The van der Waals surface area contributed by atoms with Crippen LogP contribution >= 0.6 is 24.0 Å². The number of methoxy groups -OCH3 is 1. The first-order chi connectivity index (χ1) is 11.3. The molecule has 0 unspecified atom stereocenters. The molecule has 1 aromatic rings. The molecule has 0 saturated carbocycles. The average molecular weight is 474 g/mol. The molecule has 0 aliphatic rings. The van der Waals surface area contributed by atoms with Gasteiger partial charge in [-0.15, -0.1) is 24.0 Å². The maximum Gasteiger partial charge on any atom is 0.401 e. The van der Waals surface area contributed by atoms with Crippen LogP contribution in [0.25, 0.3) is 0 Å². The van der Waals surface area contributed by atoms with Crippen molar-refractivity contribution in [2.45, 2.75) is 19.1 Å². The molecule has 0 heterocycles. The molecule has 0 fully saturated rings. The lowest BCUT2D eigenvalue weighted by molar-refractivity contribution is -0.143. The van der Waals surface area contributed by atoms with E-state index in [1.165, 1.54) is 11.9 Å². The third kappa shape index (κ3) is 11.1. The van der Waals surface area contributed by atoms with E-state index in [1.807, 2.05) is 24.3 Å². The van der Waals surface area contributed by atoms with Gasteiger partial charge in [0.1, 0.15) is 5.75 Å². The number of hydrogen-bond donors (Lipinski definition) is 2. The van der Waals surface area contributed by atoms with Crippen LogP contribution in [-0.2, 0) is 6.54 Å². The van der Waals surface area contributed by atoms with Crippen LogP contribution in [0.15, 0.2) is 29.3 Å². The number of hydrogen-bond acceptors (Lipinski definition) is 3. The standard InChI is InChI=1S/C16H25F3N4O.HI/c1-20-15(21-8-5-9-23(2)12-16(17,18)19)22-11-13-6-4-7-14(10-13)24-3;/h4,6-7,10H,5,8-9,11-12H2,1-3H3,(H2,20,21,22);1H. The molecule has 144 valence electrons. The van der Waals surface area contributed by atoms with E-state index in [1.54, 1.807) is 14.2 Å². The summed E-state index contributed by atoms with van der Waals surface area (Å²) in [6, 6.07) is 7.66. The van der Waals surface area contributed by atoms with Crippen molar-refractivity contribution in [3.8, 4) is 5.75 Å². The van der Waals surface area contributed by atoms with E-state index >= 15 is 0 Å². The highest BCUT2D eigenvalue weighted by Crippen LogP contribution is 2.15. The van der Waals surface area contributed by atoms with Crippen molar-refractivity contribution in [1.29, 1.82) is 0 Å². The Kier molecular flexibility index (Phi) is 11.6. The van der Waals surface area contributed by atoms with E-state index in [9.17, 15) is 13.2 Å². The Morgan fingerprint density at radius 1 is 1.28 bits per heavy atom. The number of nitrogens with zero attached hydrogens (tertiary/aromatic N) is 2. The van der Waals surface area contributed by atoms with Crippen LogP contribution in [0.5, 0.6) is 5.75 Å². The maximum atomic E-state index is 12.2. The second-order valence-corrected chi connectivity index (χ2v) is 5.41. The molecule has 5 nitrogen and oxygen atoms in total. The van der Waals surface area contributed by atoms with Crippen LogP contribution in [0.3, 0.4) is 0 Å². The fraction of sp³-hybridized carbons (Fsp3) is 0.562. The summed E-state index contributed by atoms with van der Waals surface area (Å²) in [4.78, 5) is 5.35. The Labute approximate surface area is 164 Å². The van der Waals surface area contributed by atoms with Crippen molar-refractivity contribution in [1.82, 2.24) is 15.5 Å². The lowest BCUT2D eigenvalue weighted by Gasteiger charge is -2.19. The third-order valence-corrected chi connectivity index (χ3v) is 3.28. The minimum Gasteiger partial charge on any atom is -0.497 e. The van der Waals surface area contributed by atoms with Crippen LogP contribution < -0.4 is 15.4 Å². The quantitative estimate of drug-likeness (QED) is 0.264. The Morgan fingerprint density at radius 2 is 2.00 bits per heavy atom. The zero-order chi connectivity index (χ0) is 18.0. The highest BCUT2D eigenvalue weighted by molar-refractivity contribution is 14.0. The SMILES string of the molecule is CN=C(NCCCN(C)CC(F)(F)F)NCc1cccc(OC)c1.I. The van der Waals surface area contributed by atoms with Gasteiger partial charge in [0, 0.05) is 20.1 Å². The topological polar surface area (TPSA) is 48.9 Å². The Hall–Kier alpha value is -1.23. The van der Waals surface area contributed by atoms with Gasteiger partial charge in [0.05, 0.1) is 13.7 Å². The van der Waals surface area contributed by atoms with E-state index < -0.39 is 12.7 Å². The zero-order valence-electron chi connectivity index (χ0n) is 14.7. The monoisotopic (exact) mass is 474 g/mol. The molecule has 9 heteroatoms.